The Hall–Kier alpha value is -3.05. The van der Waals surface area contributed by atoms with Crippen molar-refractivity contribution in [2.45, 2.75) is 78.3 Å². The summed E-state index contributed by atoms with van der Waals surface area (Å²) in [7, 11) is 1.48. The fourth-order valence-electron chi connectivity index (χ4n) is 5.70. The molecule has 0 bridgehead atoms. The van der Waals surface area contributed by atoms with Gasteiger partial charge in [-0.25, -0.2) is 9.18 Å². The molecule has 2 atom stereocenters. The fraction of sp³-hybridized carbons (Fsp3) is 0.600. The van der Waals surface area contributed by atoms with Crippen LogP contribution in [0.25, 0.3) is 10.9 Å². The van der Waals surface area contributed by atoms with Crippen LogP contribution in [0.1, 0.15) is 82.6 Å². The number of methoxy groups -OCH3 is 1. The maximum Gasteiger partial charge on any atom is 0.341 e. The molecule has 2 N–H and O–H groups in total. The molecule has 7 nitrogen and oxygen atoms in total. The van der Waals surface area contributed by atoms with Gasteiger partial charge >= 0.3 is 5.97 Å². The fourth-order valence-corrected chi connectivity index (χ4v) is 5.70. The van der Waals surface area contributed by atoms with Gasteiger partial charge in [0.15, 0.2) is 11.6 Å². The third-order valence-electron chi connectivity index (χ3n) is 7.49. The van der Waals surface area contributed by atoms with Crippen LogP contribution in [0, 0.1) is 30.0 Å². The zero-order valence-electron chi connectivity index (χ0n) is 23.3. The Morgan fingerprint density at radius 3 is 2.42 bits per heavy atom. The first-order valence-corrected chi connectivity index (χ1v) is 13.6. The van der Waals surface area contributed by atoms with Crippen LogP contribution in [-0.2, 0) is 0 Å². The van der Waals surface area contributed by atoms with Gasteiger partial charge in [-0.15, -0.1) is 12.8 Å². The van der Waals surface area contributed by atoms with E-state index in [-0.39, 0.29) is 17.0 Å². The summed E-state index contributed by atoms with van der Waals surface area (Å²) < 4.78 is 22.8. The number of ether oxygens (including phenoxy) is 1. The second kappa shape index (κ2) is 12.2. The van der Waals surface area contributed by atoms with Gasteiger partial charge in [-0.2, -0.15) is 0 Å². The largest absolute Gasteiger partial charge is 0.492 e. The van der Waals surface area contributed by atoms with Gasteiger partial charge in [0, 0.05) is 31.4 Å². The molecule has 3 heterocycles. The summed E-state index contributed by atoms with van der Waals surface area (Å²) in [4.78, 5) is 26.4. The zero-order valence-corrected chi connectivity index (χ0v) is 23.3. The van der Waals surface area contributed by atoms with Crippen LogP contribution in [-0.4, -0.2) is 48.4 Å². The Kier molecular flexibility index (Phi) is 9.48. The molecule has 3 aliphatic rings. The van der Waals surface area contributed by atoms with E-state index in [9.17, 15) is 14.7 Å². The summed E-state index contributed by atoms with van der Waals surface area (Å²) in [6, 6.07) is 1.62. The molecule has 1 aromatic heterocycles. The monoisotopic (exact) mass is 527 g/mol. The second-order valence-electron chi connectivity index (χ2n) is 11.6. The highest BCUT2D eigenvalue weighted by Crippen LogP contribution is 2.45. The molecule has 38 heavy (non-hydrogen) atoms. The number of piperidine rings is 1. The number of carboxylic acids is 1. The van der Waals surface area contributed by atoms with E-state index in [2.05, 4.69) is 45.9 Å². The van der Waals surface area contributed by atoms with Crippen molar-refractivity contribution < 1.29 is 19.0 Å². The standard InChI is InChI=1S/C21H24FN3O4.C7H16.C2H2/c1-29-20-17-13(19(26)14(21(27)28)9-25(17)12-4-5-12)7-15(22)18(20)24-8-11-3-2-6-23-16(11)10-24;1-5-6-7(2,3)4;1-2/h7,9,11-12,16,23H,2-6,8,10H2,1H3,(H,27,28);5-6H2,1-4H3;1-2H. The number of pyridine rings is 1. The lowest BCUT2D eigenvalue weighted by molar-refractivity contribution is 0.0694. The molecule has 2 aliphatic heterocycles. The van der Waals surface area contributed by atoms with Crippen LogP contribution in [0.4, 0.5) is 10.1 Å². The smallest absolute Gasteiger partial charge is 0.341 e. The highest BCUT2D eigenvalue weighted by Gasteiger charge is 2.38. The van der Waals surface area contributed by atoms with Crippen LogP contribution in [0.15, 0.2) is 17.1 Å². The van der Waals surface area contributed by atoms with Gasteiger partial charge in [0.25, 0.3) is 0 Å². The molecule has 2 saturated heterocycles. The number of hydrogen-bond donors (Lipinski definition) is 2. The van der Waals surface area contributed by atoms with Crippen molar-refractivity contribution >= 4 is 22.6 Å². The molecule has 5 rings (SSSR count). The normalized spacial score (nSPS) is 20.6. The quantitative estimate of drug-likeness (QED) is 0.503. The van der Waals surface area contributed by atoms with Crippen molar-refractivity contribution in [3.05, 3.63) is 33.9 Å². The van der Waals surface area contributed by atoms with Gasteiger partial charge < -0.3 is 24.6 Å². The zero-order chi connectivity index (χ0) is 28.2. The summed E-state index contributed by atoms with van der Waals surface area (Å²) in [6.45, 7) is 11.4. The van der Waals surface area contributed by atoms with E-state index in [4.69, 9.17) is 4.74 Å². The van der Waals surface area contributed by atoms with Crippen molar-refractivity contribution in [2.75, 3.05) is 31.6 Å². The van der Waals surface area contributed by atoms with E-state index in [1.165, 1.54) is 32.2 Å². The van der Waals surface area contributed by atoms with Crippen LogP contribution >= 0.6 is 0 Å². The summed E-state index contributed by atoms with van der Waals surface area (Å²) in [6.07, 6.45) is 16.1. The van der Waals surface area contributed by atoms with E-state index in [0.717, 1.165) is 38.8 Å². The average Bonchev–Trinajstić information content (AvgIpc) is 3.62. The minimum atomic E-state index is -1.30. The third-order valence-corrected chi connectivity index (χ3v) is 7.49. The third kappa shape index (κ3) is 6.32. The summed E-state index contributed by atoms with van der Waals surface area (Å²) in [5, 5.41) is 13.0. The van der Waals surface area contributed by atoms with E-state index in [1.807, 2.05) is 4.90 Å². The number of aromatic carboxylic acids is 1. The number of rotatable bonds is 5. The second-order valence-corrected chi connectivity index (χ2v) is 11.6. The number of halogens is 1. The van der Waals surface area contributed by atoms with Crippen LogP contribution in [0.2, 0.25) is 0 Å². The van der Waals surface area contributed by atoms with Crippen molar-refractivity contribution in [3.8, 4) is 18.6 Å². The van der Waals surface area contributed by atoms with Crippen molar-refractivity contribution in [2.24, 2.45) is 11.3 Å². The van der Waals surface area contributed by atoms with Gasteiger partial charge in [-0.1, -0.05) is 34.1 Å². The van der Waals surface area contributed by atoms with Crippen LogP contribution in [0.5, 0.6) is 5.75 Å². The molecular weight excluding hydrogens is 485 g/mol. The van der Waals surface area contributed by atoms with E-state index >= 15 is 4.39 Å². The number of aromatic nitrogens is 1. The predicted octanol–water partition coefficient (Wildman–Crippen LogP) is 5.45. The van der Waals surface area contributed by atoms with Crippen LogP contribution < -0.4 is 20.4 Å². The number of nitrogens with one attached hydrogen (secondary N) is 1. The van der Waals surface area contributed by atoms with Crippen LogP contribution in [0.3, 0.4) is 0 Å². The van der Waals surface area contributed by atoms with Gasteiger partial charge in [0.1, 0.15) is 11.3 Å². The lowest BCUT2D eigenvalue weighted by Crippen LogP contribution is -2.40. The molecule has 3 fully saturated rings. The predicted molar refractivity (Wildman–Crippen MR) is 151 cm³/mol. The molecule has 8 heteroatoms. The molecule has 1 saturated carbocycles. The highest BCUT2D eigenvalue weighted by molar-refractivity contribution is 5.97. The number of hydrogen-bond acceptors (Lipinski definition) is 5. The SMILES string of the molecule is C#C.CCCC(C)(C)C.COc1c(N2CC3CCCNC3C2)c(F)cc2c(=O)c(C(=O)O)cn(C3CC3)c12. The van der Waals surface area contributed by atoms with E-state index < -0.39 is 17.2 Å². The average molecular weight is 528 g/mol. The summed E-state index contributed by atoms with van der Waals surface area (Å²) >= 11 is 0. The molecule has 0 spiro atoms. The number of carbonyl (C=O) groups is 1. The van der Waals surface area contributed by atoms with Crippen molar-refractivity contribution in [1.82, 2.24) is 9.88 Å². The van der Waals surface area contributed by atoms with Crippen molar-refractivity contribution in [3.63, 3.8) is 0 Å². The maximum atomic E-state index is 15.3. The number of nitrogens with zero attached hydrogens (tertiary/aromatic N) is 2. The number of carboxylic acid groups (broad SMARTS) is 1. The first-order valence-electron chi connectivity index (χ1n) is 13.6. The first-order chi connectivity index (χ1) is 18.1. The Bertz CT molecular complexity index is 1210. The molecule has 0 amide bonds. The molecule has 2 aromatic rings. The van der Waals surface area contributed by atoms with Gasteiger partial charge in [-0.3, -0.25) is 4.79 Å². The molecule has 208 valence electrons. The van der Waals surface area contributed by atoms with Gasteiger partial charge in [0.2, 0.25) is 5.43 Å². The molecule has 1 aliphatic carbocycles. The minimum absolute atomic E-state index is 0.0599. The lowest BCUT2D eigenvalue weighted by Gasteiger charge is -2.25. The van der Waals surface area contributed by atoms with E-state index in [0.29, 0.717) is 40.9 Å². The van der Waals surface area contributed by atoms with Gasteiger partial charge in [0.05, 0.1) is 18.0 Å². The number of benzene rings is 1. The van der Waals surface area contributed by atoms with Crippen molar-refractivity contribution in [1.29, 1.82) is 0 Å². The Balaban J connectivity index is 0.000000389. The van der Waals surface area contributed by atoms with Gasteiger partial charge in [-0.05, 0) is 56.0 Å². The molecule has 0 radical (unpaired) electrons. The molecular formula is C30H42FN3O4. The summed E-state index contributed by atoms with van der Waals surface area (Å²) in [5.74, 6) is -1.07. The molecule has 2 unspecified atom stereocenters. The van der Waals surface area contributed by atoms with E-state index in [1.54, 1.807) is 4.57 Å². The number of anilines is 1. The Morgan fingerprint density at radius 2 is 1.92 bits per heavy atom. The molecule has 1 aromatic carbocycles. The lowest BCUT2D eigenvalue weighted by atomic mass is 9.91. The maximum absolute atomic E-state index is 15.3. The first kappa shape index (κ1) is 29.5. The minimum Gasteiger partial charge on any atom is -0.492 e. The number of terminal acetylenes is 1. The Labute approximate surface area is 225 Å². The number of fused-ring (bicyclic) bond motifs is 2. The highest BCUT2D eigenvalue weighted by atomic mass is 19.1. The topological polar surface area (TPSA) is 83.8 Å². The Morgan fingerprint density at radius 1 is 1.24 bits per heavy atom. The summed E-state index contributed by atoms with van der Waals surface area (Å²) in [5.41, 5.74) is 0.395.